The number of carbonyl (C=O) groups is 1. The summed E-state index contributed by atoms with van der Waals surface area (Å²) in [4.78, 5) is 26.9. The summed E-state index contributed by atoms with van der Waals surface area (Å²) in [7, 11) is 0. The standard InChI is InChI=1S/C27H22N6O/c28-16-19-10-4-7-13-24(19)33(29)27(34)23-15-14-20(17-30-23)26-31-22-12-6-5-11-21(22)25(32-26)18-8-2-1-3-9-18/h1-15,17H,16,28-29H2. The van der Waals surface area contributed by atoms with Gasteiger partial charge in [-0.25, -0.2) is 20.8 Å². The number of benzene rings is 3. The molecule has 7 heteroatoms. The zero-order valence-corrected chi connectivity index (χ0v) is 18.3. The maximum absolute atomic E-state index is 12.9. The predicted molar refractivity (Wildman–Crippen MR) is 134 cm³/mol. The summed E-state index contributed by atoms with van der Waals surface area (Å²) in [6.07, 6.45) is 1.59. The number of amides is 1. The van der Waals surface area contributed by atoms with Gasteiger partial charge in [-0.2, -0.15) is 0 Å². The molecule has 5 aromatic rings. The Morgan fingerprint density at radius 2 is 1.53 bits per heavy atom. The molecule has 34 heavy (non-hydrogen) atoms. The average molecular weight is 447 g/mol. The Bertz CT molecular complexity index is 1470. The third-order valence-corrected chi connectivity index (χ3v) is 5.58. The lowest BCUT2D eigenvalue weighted by Gasteiger charge is -2.19. The number of carbonyl (C=O) groups excluding carboxylic acids is 1. The van der Waals surface area contributed by atoms with E-state index in [1.54, 1.807) is 30.5 Å². The molecule has 1 amide bonds. The van der Waals surface area contributed by atoms with Crippen LogP contribution in [0.2, 0.25) is 0 Å². The maximum atomic E-state index is 12.9. The van der Waals surface area contributed by atoms with Crippen molar-refractivity contribution in [1.82, 2.24) is 15.0 Å². The van der Waals surface area contributed by atoms with E-state index in [-0.39, 0.29) is 12.2 Å². The van der Waals surface area contributed by atoms with Gasteiger partial charge < -0.3 is 5.73 Å². The van der Waals surface area contributed by atoms with Crippen molar-refractivity contribution in [2.24, 2.45) is 11.6 Å². The highest BCUT2D eigenvalue weighted by Crippen LogP contribution is 2.29. The monoisotopic (exact) mass is 446 g/mol. The fraction of sp³-hybridized carbons (Fsp3) is 0.0370. The van der Waals surface area contributed by atoms with E-state index in [2.05, 4.69) is 4.98 Å². The van der Waals surface area contributed by atoms with E-state index in [1.807, 2.05) is 66.7 Å². The number of hydrazine groups is 1. The Kier molecular flexibility index (Phi) is 5.78. The zero-order chi connectivity index (χ0) is 23.5. The number of pyridine rings is 1. The Morgan fingerprint density at radius 3 is 2.29 bits per heavy atom. The van der Waals surface area contributed by atoms with E-state index < -0.39 is 5.91 Å². The summed E-state index contributed by atoms with van der Waals surface area (Å²) in [6.45, 7) is 0.270. The SMILES string of the molecule is NCc1ccccc1N(N)C(=O)c1ccc(-c2nc(-c3ccccc3)c3ccccc3n2)cn1. The predicted octanol–water partition coefficient (Wildman–Crippen LogP) is 4.34. The molecule has 0 spiro atoms. The molecule has 0 aliphatic rings. The van der Waals surface area contributed by atoms with Crippen LogP contribution < -0.4 is 16.6 Å². The Labute approximate surface area is 196 Å². The molecule has 0 atom stereocenters. The van der Waals surface area contributed by atoms with Crippen LogP contribution in [-0.4, -0.2) is 20.9 Å². The first kappa shape index (κ1) is 21.4. The number of hydrogen-bond acceptors (Lipinski definition) is 6. The lowest BCUT2D eigenvalue weighted by atomic mass is 10.1. The van der Waals surface area contributed by atoms with Crippen LogP contribution in [0.1, 0.15) is 16.1 Å². The molecule has 2 heterocycles. The highest BCUT2D eigenvalue weighted by molar-refractivity contribution is 6.04. The van der Waals surface area contributed by atoms with Gasteiger partial charge in [0, 0.05) is 29.3 Å². The summed E-state index contributed by atoms with van der Waals surface area (Å²) in [6, 6.07) is 28.5. The van der Waals surface area contributed by atoms with Crippen molar-refractivity contribution >= 4 is 22.5 Å². The Balaban J connectivity index is 1.50. The second kappa shape index (κ2) is 9.19. The quantitative estimate of drug-likeness (QED) is 0.236. The second-order valence-corrected chi connectivity index (χ2v) is 7.72. The number of hydrogen-bond donors (Lipinski definition) is 2. The van der Waals surface area contributed by atoms with Crippen molar-refractivity contribution in [2.75, 3.05) is 5.01 Å². The van der Waals surface area contributed by atoms with Crippen LogP contribution in [0.25, 0.3) is 33.5 Å². The van der Waals surface area contributed by atoms with Crippen molar-refractivity contribution in [3.05, 3.63) is 108 Å². The molecule has 3 aromatic carbocycles. The lowest BCUT2D eigenvalue weighted by molar-refractivity contribution is 0.0982. The third kappa shape index (κ3) is 4.01. The maximum Gasteiger partial charge on any atom is 0.291 e. The molecule has 4 N–H and O–H groups in total. The van der Waals surface area contributed by atoms with Crippen LogP contribution in [0.3, 0.4) is 0 Å². The van der Waals surface area contributed by atoms with Crippen LogP contribution in [0.15, 0.2) is 97.2 Å². The minimum atomic E-state index is -0.433. The zero-order valence-electron chi connectivity index (χ0n) is 18.3. The second-order valence-electron chi connectivity index (χ2n) is 7.72. The molecule has 0 saturated carbocycles. The first-order valence-corrected chi connectivity index (χ1v) is 10.8. The molecule has 0 fully saturated rings. The van der Waals surface area contributed by atoms with Crippen LogP contribution in [0.5, 0.6) is 0 Å². The van der Waals surface area contributed by atoms with E-state index >= 15 is 0 Å². The largest absolute Gasteiger partial charge is 0.326 e. The summed E-state index contributed by atoms with van der Waals surface area (Å²) in [5.74, 6) is 6.20. The minimum Gasteiger partial charge on any atom is -0.326 e. The molecule has 0 aliphatic carbocycles. The molecule has 0 radical (unpaired) electrons. The highest BCUT2D eigenvalue weighted by Gasteiger charge is 2.18. The van der Waals surface area contributed by atoms with Gasteiger partial charge in [-0.3, -0.25) is 9.78 Å². The first-order valence-electron chi connectivity index (χ1n) is 10.8. The van der Waals surface area contributed by atoms with Crippen molar-refractivity contribution in [1.29, 1.82) is 0 Å². The molecular weight excluding hydrogens is 424 g/mol. The fourth-order valence-electron chi connectivity index (χ4n) is 3.83. The number of anilines is 1. The summed E-state index contributed by atoms with van der Waals surface area (Å²) in [5, 5.41) is 2.04. The van der Waals surface area contributed by atoms with E-state index in [0.717, 1.165) is 32.7 Å². The lowest BCUT2D eigenvalue weighted by Crippen LogP contribution is -2.38. The van der Waals surface area contributed by atoms with Crippen LogP contribution in [-0.2, 0) is 6.54 Å². The Hall–Kier alpha value is -4.46. The molecule has 0 bridgehead atoms. The van der Waals surface area contributed by atoms with E-state index in [9.17, 15) is 4.79 Å². The topological polar surface area (TPSA) is 111 Å². The molecule has 7 nitrogen and oxygen atoms in total. The Morgan fingerprint density at radius 1 is 0.794 bits per heavy atom. The van der Waals surface area contributed by atoms with Gasteiger partial charge in [0.2, 0.25) is 0 Å². The van der Waals surface area contributed by atoms with Gasteiger partial charge in [-0.15, -0.1) is 0 Å². The van der Waals surface area contributed by atoms with E-state index in [1.165, 1.54) is 0 Å². The normalized spacial score (nSPS) is 10.9. The van der Waals surface area contributed by atoms with Gasteiger partial charge in [0.15, 0.2) is 5.82 Å². The van der Waals surface area contributed by atoms with Gasteiger partial charge in [0.25, 0.3) is 5.91 Å². The summed E-state index contributed by atoms with van der Waals surface area (Å²) >= 11 is 0. The highest BCUT2D eigenvalue weighted by atomic mass is 16.2. The fourth-order valence-corrected chi connectivity index (χ4v) is 3.83. The number of nitrogens with zero attached hydrogens (tertiary/aromatic N) is 4. The molecular formula is C27H22N6O. The van der Waals surface area contributed by atoms with Gasteiger partial charge in [-0.1, -0.05) is 66.7 Å². The molecule has 166 valence electrons. The van der Waals surface area contributed by atoms with E-state index in [4.69, 9.17) is 21.5 Å². The molecule has 0 unspecified atom stereocenters. The van der Waals surface area contributed by atoms with Gasteiger partial charge in [0.05, 0.1) is 16.9 Å². The number of aromatic nitrogens is 3. The van der Waals surface area contributed by atoms with E-state index in [0.29, 0.717) is 17.1 Å². The minimum absolute atomic E-state index is 0.210. The van der Waals surface area contributed by atoms with Crippen molar-refractivity contribution in [3.8, 4) is 22.6 Å². The average Bonchev–Trinajstić information content (AvgIpc) is 2.92. The summed E-state index contributed by atoms with van der Waals surface area (Å²) < 4.78 is 0. The van der Waals surface area contributed by atoms with Gasteiger partial charge in [0.1, 0.15) is 5.69 Å². The molecule has 5 rings (SSSR count). The number of nitrogens with two attached hydrogens (primary N) is 2. The molecule has 0 aliphatic heterocycles. The summed E-state index contributed by atoms with van der Waals surface area (Å²) in [5.41, 5.74) is 10.7. The smallest absolute Gasteiger partial charge is 0.291 e. The van der Waals surface area contributed by atoms with Gasteiger partial charge >= 0.3 is 0 Å². The molecule has 2 aromatic heterocycles. The van der Waals surface area contributed by atoms with Gasteiger partial charge in [-0.05, 0) is 29.8 Å². The number of rotatable bonds is 5. The third-order valence-electron chi connectivity index (χ3n) is 5.58. The van der Waals surface area contributed by atoms with Crippen molar-refractivity contribution < 1.29 is 4.79 Å². The van der Waals surface area contributed by atoms with Crippen LogP contribution >= 0.6 is 0 Å². The van der Waals surface area contributed by atoms with Crippen molar-refractivity contribution in [3.63, 3.8) is 0 Å². The van der Waals surface area contributed by atoms with Crippen molar-refractivity contribution in [2.45, 2.75) is 6.54 Å². The first-order chi connectivity index (χ1) is 16.7. The number of para-hydroxylation sites is 2. The van der Waals surface area contributed by atoms with Crippen LogP contribution in [0.4, 0.5) is 5.69 Å². The molecule has 0 saturated heterocycles. The number of fused-ring (bicyclic) bond motifs is 1. The van der Waals surface area contributed by atoms with Crippen LogP contribution in [0, 0.1) is 0 Å².